The maximum atomic E-state index is 12.8. The van der Waals surface area contributed by atoms with Crippen molar-refractivity contribution in [3.8, 4) is 0 Å². The molecule has 1 atom stereocenters. The number of nitrogens with zero attached hydrogens (tertiary/aromatic N) is 4. The van der Waals surface area contributed by atoms with Gasteiger partial charge in [0.2, 0.25) is 5.89 Å². The molecule has 0 saturated carbocycles. The van der Waals surface area contributed by atoms with Gasteiger partial charge >= 0.3 is 11.8 Å². The van der Waals surface area contributed by atoms with Crippen LogP contribution >= 0.6 is 23.2 Å². The van der Waals surface area contributed by atoms with Crippen LogP contribution in [0.3, 0.4) is 0 Å². The van der Waals surface area contributed by atoms with Crippen molar-refractivity contribution in [1.82, 2.24) is 24.6 Å². The van der Waals surface area contributed by atoms with Gasteiger partial charge in [0.1, 0.15) is 17.2 Å². The Morgan fingerprint density at radius 3 is 2.51 bits per heavy atom. The highest BCUT2D eigenvalue weighted by molar-refractivity contribution is 6.31. The maximum absolute atomic E-state index is 12.8. The largest absolute Gasteiger partial charge is 0.444 e. The number of halogens is 2. The molecule has 0 fully saturated rings. The molecular formula is C22H25Cl2N5O6. The van der Waals surface area contributed by atoms with Crippen LogP contribution in [0.15, 0.2) is 38.4 Å². The Labute approximate surface area is 210 Å². The molecule has 0 spiro atoms. The first-order valence-electron chi connectivity index (χ1n) is 10.6. The van der Waals surface area contributed by atoms with Gasteiger partial charge in [0.15, 0.2) is 5.82 Å². The van der Waals surface area contributed by atoms with E-state index in [-0.39, 0.29) is 41.9 Å². The molecule has 13 heteroatoms. The van der Waals surface area contributed by atoms with Gasteiger partial charge in [-0.1, -0.05) is 40.5 Å². The van der Waals surface area contributed by atoms with Crippen LogP contribution in [0.2, 0.25) is 10.0 Å². The fourth-order valence-electron chi connectivity index (χ4n) is 3.13. The van der Waals surface area contributed by atoms with Crippen LogP contribution in [0.1, 0.15) is 49.8 Å². The summed E-state index contributed by atoms with van der Waals surface area (Å²) in [5.41, 5.74) is -1.45. The highest BCUT2D eigenvalue weighted by Crippen LogP contribution is 2.19. The van der Waals surface area contributed by atoms with Crippen LogP contribution in [-0.2, 0) is 31.3 Å². The molecule has 1 aromatic carbocycles. The summed E-state index contributed by atoms with van der Waals surface area (Å²) in [6.45, 7) is 4.60. The SMILES string of the molecule is Cn1c(CNC(=O)OC(C)(C)C)c(Cl)c(=O)n(Cc2nc(C[C@H](O)c3ccc(Cl)cc3)no2)c1=O. The Hall–Kier alpha value is -3.15. The minimum Gasteiger partial charge on any atom is -0.444 e. The summed E-state index contributed by atoms with van der Waals surface area (Å²) in [5, 5.41) is 16.9. The Balaban J connectivity index is 1.75. The summed E-state index contributed by atoms with van der Waals surface area (Å²) >= 11 is 12.1. The van der Waals surface area contributed by atoms with E-state index in [4.69, 9.17) is 32.5 Å². The number of nitrogens with one attached hydrogen (secondary N) is 1. The molecule has 0 bridgehead atoms. The molecule has 2 N–H and O–H groups in total. The van der Waals surface area contributed by atoms with Crippen LogP contribution in [-0.4, -0.2) is 36.1 Å². The van der Waals surface area contributed by atoms with E-state index in [9.17, 15) is 19.5 Å². The third-order valence-corrected chi connectivity index (χ3v) is 5.47. The van der Waals surface area contributed by atoms with E-state index in [2.05, 4.69) is 15.5 Å². The number of ether oxygens (including phenoxy) is 1. The predicted octanol–water partition coefficient (Wildman–Crippen LogP) is 2.59. The first-order chi connectivity index (χ1) is 16.4. The molecule has 0 radical (unpaired) electrons. The van der Waals surface area contributed by atoms with E-state index in [1.54, 1.807) is 45.0 Å². The monoisotopic (exact) mass is 525 g/mol. The molecular weight excluding hydrogens is 501 g/mol. The Morgan fingerprint density at radius 1 is 1.23 bits per heavy atom. The summed E-state index contributed by atoms with van der Waals surface area (Å²) in [6.07, 6.45) is -1.57. The number of aromatic nitrogens is 4. The lowest BCUT2D eigenvalue weighted by atomic mass is 10.1. The summed E-state index contributed by atoms with van der Waals surface area (Å²) in [7, 11) is 1.41. The van der Waals surface area contributed by atoms with Gasteiger partial charge in [-0.3, -0.25) is 9.36 Å². The number of rotatable bonds is 7. The quantitative estimate of drug-likeness (QED) is 0.479. The van der Waals surface area contributed by atoms with Crippen molar-refractivity contribution in [1.29, 1.82) is 0 Å². The van der Waals surface area contributed by atoms with E-state index < -0.39 is 29.0 Å². The molecule has 0 saturated heterocycles. The van der Waals surface area contributed by atoms with Gasteiger partial charge < -0.3 is 19.7 Å². The number of benzene rings is 1. The number of aliphatic hydroxyl groups is 1. The van der Waals surface area contributed by atoms with E-state index in [1.165, 1.54) is 7.05 Å². The summed E-state index contributed by atoms with van der Waals surface area (Å²) in [5.74, 6) is 0.176. The van der Waals surface area contributed by atoms with Crippen LogP contribution in [0.5, 0.6) is 0 Å². The van der Waals surface area contributed by atoms with Gasteiger partial charge in [-0.15, -0.1) is 0 Å². The van der Waals surface area contributed by atoms with Gasteiger partial charge in [-0.25, -0.2) is 14.2 Å². The molecule has 188 valence electrons. The van der Waals surface area contributed by atoms with E-state index in [0.29, 0.717) is 10.6 Å². The molecule has 1 amide bonds. The fraction of sp³-hybridized carbons (Fsp3) is 0.409. The summed E-state index contributed by atoms with van der Waals surface area (Å²) in [4.78, 5) is 41.7. The van der Waals surface area contributed by atoms with Crippen molar-refractivity contribution in [3.63, 3.8) is 0 Å². The van der Waals surface area contributed by atoms with Crippen LogP contribution < -0.4 is 16.6 Å². The second-order valence-electron chi connectivity index (χ2n) is 8.72. The van der Waals surface area contributed by atoms with Crippen molar-refractivity contribution in [2.45, 2.75) is 52.0 Å². The predicted molar refractivity (Wildman–Crippen MR) is 128 cm³/mol. The molecule has 11 nitrogen and oxygen atoms in total. The van der Waals surface area contributed by atoms with Gasteiger partial charge in [-0.2, -0.15) is 4.98 Å². The zero-order valence-corrected chi connectivity index (χ0v) is 21.1. The van der Waals surface area contributed by atoms with E-state index in [0.717, 1.165) is 9.13 Å². The molecule has 0 unspecified atom stereocenters. The second kappa shape index (κ2) is 10.6. The van der Waals surface area contributed by atoms with Crippen LogP contribution in [0.4, 0.5) is 4.79 Å². The van der Waals surface area contributed by atoms with Gasteiger partial charge in [-0.05, 0) is 38.5 Å². The zero-order chi connectivity index (χ0) is 25.9. The molecule has 3 rings (SSSR count). The molecule has 0 aliphatic carbocycles. The molecule has 2 heterocycles. The summed E-state index contributed by atoms with van der Waals surface area (Å²) < 4.78 is 12.3. The smallest absolute Gasteiger partial charge is 0.407 e. The Bertz CT molecular complexity index is 1290. The third-order valence-electron chi connectivity index (χ3n) is 4.84. The molecule has 0 aliphatic heterocycles. The first kappa shape index (κ1) is 26.5. The third kappa shape index (κ3) is 6.71. The Kier molecular flexibility index (Phi) is 8.04. The van der Waals surface area contributed by atoms with Gasteiger partial charge in [0.05, 0.1) is 18.3 Å². The van der Waals surface area contributed by atoms with Gasteiger partial charge in [0.25, 0.3) is 5.56 Å². The number of aliphatic hydroxyl groups excluding tert-OH is 1. The van der Waals surface area contributed by atoms with Crippen molar-refractivity contribution >= 4 is 29.3 Å². The minimum absolute atomic E-state index is 0.0156. The van der Waals surface area contributed by atoms with Crippen molar-refractivity contribution in [2.75, 3.05) is 0 Å². The first-order valence-corrected chi connectivity index (χ1v) is 11.3. The van der Waals surface area contributed by atoms with Crippen LogP contribution in [0, 0.1) is 0 Å². The van der Waals surface area contributed by atoms with E-state index in [1.807, 2.05) is 0 Å². The summed E-state index contributed by atoms with van der Waals surface area (Å²) in [6, 6.07) is 6.66. The van der Waals surface area contributed by atoms with Gasteiger partial charge in [0, 0.05) is 18.5 Å². The topological polar surface area (TPSA) is 141 Å². The standard InChI is InChI=1S/C22H25Cl2N5O6/c1-22(2,3)34-20(32)25-10-14-18(24)19(31)29(21(33)28(14)4)11-17-26-16(27-35-17)9-15(30)12-5-7-13(23)8-6-12/h5-8,15,30H,9-11H2,1-4H3,(H,25,32)/t15-/m0/s1. The lowest BCUT2D eigenvalue weighted by Crippen LogP contribution is -2.42. The molecule has 3 aromatic rings. The molecule has 35 heavy (non-hydrogen) atoms. The number of alkyl carbamates (subject to hydrolysis) is 1. The number of carbonyl (C=O) groups is 1. The number of hydrogen-bond donors (Lipinski definition) is 2. The highest BCUT2D eigenvalue weighted by Gasteiger charge is 2.21. The number of hydrogen-bond acceptors (Lipinski definition) is 8. The van der Waals surface area contributed by atoms with Crippen LogP contribution in [0.25, 0.3) is 0 Å². The van der Waals surface area contributed by atoms with Crippen molar-refractivity contribution in [3.05, 3.63) is 78.1 Å². The molecule has 2 aromatic heterocycles. The zero-order valence-electron chi connectivity index (χ0n) is 19.5. The second-order valence-corrected chi connectivity index (χ2v) is 9.54. The lowest BCUT2D eigenvalue weighted by Gasteiger charge is -2.20. The molecule has 0 aliphatic rings. The normalized spacial score (nSPS) is 12.4. The number of amides is 1. The highest BCUT2D eigenvalue weighted by atomic mass is 35.5. The van der Waals surface area contributed by atoms with Crippen molar-refractivity contribution < 1.29 is 19.2 Å². The minimum atomic E-state index is -0.903. The van der Waals surface area contributed by atoms with Crippen molar-refractivity contribution in [2.24, 2.45) is 7.05 Å². The maximum Gasteiger partial charge on any atom is 0.407 e. The average molecular weight is 526 g/mol. The lowest BCUT2D eigenvalue weighted by molar-refractivity contribution is 0.0522. The Morgan fingerprint density at radius 2 is 1.89 bits per heavy atom. The average Bonchev–Trinajstić information content (AvgIpc) is 3.21. The van der Waals surface area contributed by atoms with E-state index >= 15 is 0 Å². The fourth-order valence-corrected chi connectivity index (χ4v) is 3.55. The number of carbonyl (C=O) groups excluding carboxylic acids is 1.